The third-order valence-electron chi connectivity index (χ3n) is 4.01. The molecule has 108 valence electrons. The molecule has 2 aliphatic rings. The number of rotatable bonds is 3. The van der Waals surface area contributed by atoms with Crippen LogP contribution < -0.4 is 5.32 Å². The summed E-state index contributed by atoms with van der Waals surface area (Å²) in [6, 6.07) is -0.382. The van der Waals surface area contributed by atoms with E-state index in [9.17, 15) is 9.59 Å². The quantitative estimate of drug-likeness (QED) is 0.857. The number of hydrogen-bond acceptors (Lipinski definition) is 3. The van der Waals surface area contributed by atoms with Gasteiger partial charge in [0.15, 0.2) is 0 Å². The molecule has 2 saturated heterocycles. The molecule has 5 heteroatoms. The molecule has 0 aromatic carbocycles. The highest BCUT2D eigenvalue weighted by atomic mass is 32.2. The first-order chi connectivity index (χ1) is 9.06. The van der Waals surface area contributed by atoms with Crippen molar-refractivity contribution in [1.29, 1.82) is 0 Å². The third-order valence-corrected chi connectivity index (χ3v) is 5.20. The second-order valence-corrected chi connectivity index (χ2v) is 6.92. The van der Waals surface area contributed by atoms with Crippen LogP contribution in [0, 0.1) is 5.92 Å². The van der Waals surface area contributed by atoms with Crippen LogP contribution in [-0.2, 0) is 9.59 Å². The molecule has 3 unspecified atom stereocenters. The number of nitrogens with one attached hydrogen (secondary N) is 1. The fraction of sp³-hybridized carbons (Fsp3) is 0.857. The molecule has 2 heterocycles. The van der Waals surface area contributed by atoms with Crippen molar-refractivity contribution in [2.45, 2.75) is 58.2 Å². The van der Waals surface area contributed by atoms with Crippen molar-refractivity contribution in [2.75, 3.05) is 11.5 Å². The second kappa shape index (κ2) is 6.16. The highest BCUT2D eigenvalue weighted by Crippen LogP contribution is 2.28. The summed E-state index contributed by atoms with van der Waals surface area (Å²) in [5, 5.41) is 2.88. The Balaban J connectivity index is 2.25. The van der Waals surface area contributed by atoms with Crippen LogP contribution in [0.4, 0.5) is 0 Å². The molecule has 0 aromatic heterocycles. The van der Waals surface area contributed by atoms with Gasteiger partial charge in [-0.25, -0.2) is 0 Å². The van der Waals surface area contributed by atoms with E-state index < -0.39 is 0 Å². The molecule has 0 saturated carbocycles. The lowest BCUT2D eigenvalue weighted by Gasteiger charge is -2.45. The number of carbonyl (C=O) groups is 2. The summed E-state index contributed by atoms with van der Waals surface area (Å²) in [5.74, 6) is 2.45. The zero-order chi connectivity index (χ0) is 14.0. The van der Waals surface area contributed by atoms with E-state index in [2.05, 4.69) is 5.32 Å². The van der Waals surface area contributed by atoms with Crippen molar-refractivity contribution < 1.29 is 9.59 Å². The van der Waals surface area contributed by atoms with Gasteiger partial charge in [-0.3, -0.25) is 9.59 Å². The summed E-state index contributed by atoms with van der Waals surface area (Å²) >= 11 is 1.90. The van der Waals surface area contributed by atoms with E-state index in [1.807, 2.05) is 37.4 Å². The van der Waals surface area contributed by atoms with E-state index in [0.29, 0.717) is 6.42 Å². The SMILES string of the molecule is CCC1NC(=O)C(C(C)C)N(C2CCCSC2)C1=O. The predicted molar refractivity (Wildman–Crippen MR) is 78.0 cm³/mol. The van der Waals surface area contributed by atoms with Crippen molar-refractivity contribution in [1.82, 2.24) is 10.2 Å². The highest BCUT2D eigenvalue weighted by molar-refractivity contribution is 7.99. The lowest BCUT2D eigenvalue weighted by Crippen LogP contribution is -2.67. The Bertz CT molecular complexity index is 353. The molecule has 3 atom stereocenters. The number of nitrogens with zero attached hydrogens (tertiary/aromatic N) is 1. The smallest absolute Gasteiger partial charge is 0.246 e. The minimum atomic E-state index is -0.325. The minimum absolute atomic E-state index is 0.0250. The number of thioether (sulfide) groups is 1. The first-order valence-electron chi connectivity index (χ1n) is 7.26. The van der Waals surface area contributed by atoms with E-state index in [-0.39, 0.29) is 35.9 Å². The standard InChI is InChI=1S/C14H24N2O2S/c1-4-11-14(18)16(10-6-5-7-19-8-10)12(9(2)3)13(17)15-11/h9-12H,4-8H2,1-3H3,(H,15,17). The fourth-order valence-corrected chi connectivity index (χ4v) is 4.15. The van der Waals surface area contributed by atoms with Crippen molar-refractivity contribution in [2.24, 2.45) is 5.92 Å². The maximum atomic E-state index is 12.6. The van der Waals surface area contributed by atoms with E-state index in [0.717, 1.165) is 18.6 Å². The first-order valence-corrected chi connectivity index (χ1v) is 8.42. The molecule has 1 N–H and O–H groups in total. The van der Waals surface area contributed by atoms with E-state index >= 15 is 0 Å². The Morgan fingerprint density at radius 1 is 1.42 bits per heavy atom. The van der Waals surface area contributed by atoms with Gasteiger partial charge in [0.1, 0.15) is 12.1 Å². The third kappa shape index (κ3) is 2.91. The van der Waals surface area contributed by atoms with Crippen LogP contribution in [0.2, 0.25) is 0 Å². The summed E-state index contributed by atoms with van der Waals surface area (Å²) in [5.41, 5.74) is 0. The molecular weight excluding hydrogens is 260 g/mol. The number of amides is 2. The zero-order valence-electron chi connectivity index (χ0n) is 12.0. The summed E-state index contributed by atoms with van der Waals surface area (Å²) in [7, 11) is 0. The Hall–Kier alpha value is -0.710. The van der Waals surface area contributed by atoms with E-state index in [4.69, 9.17) is 0 Å². The molecule has 4 nitrogen and oxygen atoms in total. The van der Waals surface area contributed by atoms with E-state index in [1.165, 1.54) is 5.75 Å². The van der Waals surface area contributed by atoms with Gasteiger partial charge in [-0.15, -0.1) is 0 Å². The minimum Gasteiger partial charge on any atom is -0.343 e. The topological polar surface area (TPSA) is 49.4 Å². The van der Waals surface area contributed by atoms with Crippen molar-refractivity contribution in [3.63, 3.8) is 0 Å². The van der Waals surface area contributed by atoms with Crippen molar-refractivity contribution >= 4 is 23.6 Å². The van der Waals surface area contributed by atoms with Crippen LogP contribution in [0.15, 0.2) is 0 Å². The molecule has 0 aliphatic carbocycles. The molecule has 0 spiro atoms. The van der Waals surface area contributed by atoms with Crippen LogP contribution in [-0.4, -0.2) is 46.3 Å². The number of hydrogen-bond donors (Lipinski definition) is 1. The van der Waals surface area contributed by atoms with Crippen molar-refractivity contribution in [3.8, 4) is 0 Å². The lowest BCUT2D eigenvalue weighted by molar-refractivity contribution is -0.154. The van der Waals surface area contributed by atoms with Gasteiger partial charge in [0.25, 0.3) is 0 Å². The lowest BCUT2D eigenvalue weighted by atomic mass is 9.93. The fourth-order valence-electron chi connectivity index (χ4n) is 3.01. The Morgan fingerprint density at radius 3 is 2.68 bits per heavy atom. The van der Waals surface area contributed by atoms with Crippen molar-refractivity contribution in [3.05, 3.63) is 0 Å². The van der Waals surface area contributed by atoms with Crippen LogP contribution >= 0.6 is 11.8 Å². The van der Waals surface area contributed by atoms with Crippen LogP contribution in [0.3, 0.4) is 0 Å². The van der Waals surface area contributed by atoms with Crippen LogP contribution in [0.1, 0.15) is 40.0 Å². The van der Waals surface area contributed by atoms with Crippen LogP contribution in [0.5, 0.6) is 0 Å². The molecule has 2 rings (SSSR count). The second-order valence-electron chi connectivity index (χ2n) is 5.77. The van der Waals surface area contributed by atoms with Gasteiger partial charge in [0.05, 0.1) is 0 Å². The molecule has 0 radical (unpaired) electrons. The summed E-state index contributed by atoms with van der Waals surface area (Å²) < 4.78 is 0. The number of piperazine rings is 1. The Labute approximate surface area is 119 Å². The van der Waals surface area contributed by atoms with Gasteiger partial charge in [0.2, 0.25) is 11.8 Å². The van der Waals surface area contributed by atoms with Gasteiger partial charge in [0, 0.05) is 11.8 Å². The first kappa shape index (κ1) is 14.7. The average Bonchev–Trinajstić information content (AvgIpc) is 2.41. The summed E-state index contributed by atoms with van der Waals surface area (Å²) in [6.45, 7) is 5.99. The summed E-state index contributed by atoms with van der Waals surface area (Å²) in [6.07, 6.45) is 2.85. The number of carbonyl (C=O) groups excluding carboxylic acids is 2. The van der Waals surface area contributed by atoms with Gasteiger partial charge >= 0.3 is 0 Å². The molecule has 2 amide bonds. The van der Waals surface area contributed by atoms with Gasteiger partial charge < -0.3 is 10.2 Å². The molecule has 2 aliphatic heterocycles. The molecule has 2 fully saturated rings. The van der Waals surface area contributed by atoms with Gasteiger partial charge in [-0.2, -0.15) is 11.8 Å². The molecular formula is C14H24N2O2S. The molecule has 19 heavy (non-hydrogen) atoms. The summed E-state index contributed by atoms with van der Waals surface area (Å²) in [4.78, 5) is 26.8. The largest absolute Gasteiger partial charge is 0.343 e. The zero-order valence-corrected chi connectivity index (χ0v) is 12.8. The maximum Gasteiger partial charge on any atom is 0.246 e. The van der Waals surface area contributed by atoms with Crippen LogP contribution in [0.25, 0.3) is 0 Å². The monoisotopic (exact) mass is 284 g/mol. The van der Waals surface area contributed by atoms with Gasteiger partial charge in [-0.05, 0) is 30.9 Å². The predicted octanol–water partition coefficient (Wildman–Crippen LogP) is 1.64. The average molecular weight is 284 g/mol. The molecule has 0 bridgehead atoms. The Morgan fingerprint density at radius 2 is 2.16 bits per heavy atom. The van der Waals surface area contributed by atoms with Gasteiger partial charge in [-0.1, -0.05) is 20.8 Å². The highest BCUT2D eigenvalue weighted by Gasteiger charge is 2.44. The van der Waals surface area contributed by atoms with E-state index in [1.54, 1.807) is 0 Å². The normalized spacial score (nSPS) is 32.6. The maximum absolute atomic E-state index is 12.6. The Kier molecular flexibility index (Phi) is 4.76. The molecule has 0 aromatic rings.